The van der Waals surface area contributed by atoms with E-state index in [2.05, 4.69) is 26.2 Å². The van der Waals surface area contributed by atoms with Crippen LogP contribution in [0.15, 0.2) is 63.5 Å². The maximum atomic E-state index is 13.9. The monoisotopic (exact) mass is 532 g/mol. The van der Waals surface area contributed by atoms with Gasteiger partial charge in [0.2, 0.25) is 11.7 Å². The molecule has 0 unspecified atom stereocenters. The number of nitrogens with one attached hydrogen (secondary N) is 1. The zero-order valence-corrected chi connectivity index (χ0v) is 18.3. The van der Waals surface area contributed by atoms with Gasteiger partial charge in [0.05, 0.1) is 0 Å². The topological polar surface area (TPSA) is 55.1 Å². The Morgan fingerprint density at radius 1 is 0.824 bits per heavy atom. The Balaban J connectivity index is 1.52. The summed E-state index contributed by atoms with van der Waals surface area (Å²) in [6, 6.07) is 15.4. The Bertz CT molecular complexity index is 1600. The van der Waals surface area contributed by atoms with Crippen molar-refractivity contribution in [2.75, 3.05) is 5.32 Å². The zero-order chi connectivity index (χ0) is 24.1. The van der Waals surface area contributed by atoms with Crippen LogP contribution in [0.1, 0.15) is 10.4 Å². The molecule has 0 aliphatic rings. The first-order valence-electron chi connectivity index (χ1n) is 9.67. The van der Waals surface area contributed by atoms with Gasteiger partial charge in [0.15, 0.2) is 28.9 Å². The van der Waals surface area contributed by atoms with Gasteiger partial charge >= 0.3 is 0 Å². The minimum absolute atomic E-state index is 0.0157. The Labute approximate surface area is 196 Å². The summed E-state index contributed by atoms with van der Waals surface area (Å²) in [5, 5.41) is 3.95. The van der Waals surface area contributed by atoms with Crippen molar-refractivity contribution < 1.29 is 31.2 Å². The molecule has 34 heavy (non-hydrogen) atoms. The maximum Gasteiger partial charge on any atom is 0.261 e. The third-order valence-electron chi connectivity index (χ3n) is 5.18. The number of anilines is 1. The van der Waals surface area contributed by atoms with E-state index >= 15 is 0 Å². The number of carbonyl (C=O) groups excluding carboxylic acids is 1. The lowest BCUT2D eigenvalue weighted by Crippen LogP contribution is -2.19. The first-order valence-corrected chi connectivity index (χ1v) is 10.5. The smallest absolute Gasteiger partial charge is 0.261 e. The van der Waals surface area contributed by atoms with Gasteiger partial charge in [-0.2, -0.15) is 0 Å². The van der Waals surface area contributed by atoms with Gasteiger partial charge in [-0.05, 0) is 41.1 Å². The standard InChI is InChI=1S/C24H10BrF5N2O2/c25-14-6-2-3-11-12(14)4-1-5-13(11)24-32-15-9-10(7-8-16(15)34-24)31-23(33)17-18(26)20(28)22(30)21(29)19(17)27/h1-9H,(H,31,33). The van der Waals surface area contributed by atoms with E-state index in [1.807, 2.05) is 36.4 Å². The van der Waals surface area contributed by atoms with Crippen LogP contribution in [-0.4, -0.2) is 10.9 Å². The molecule has 0 bridgehead atoms. The highest BCUT2D eigenvalue weighted by Crippen LogP contribution is 2.34. The maximum absolute atomic E-state index is 13.9. The SMILES string of the molecule is O=C(Nc1ccc2oc(-c3cccc4c(Br)cccc34)nc2c1)c1c(F)c(F)c(F)c(F)c1F. The fourth-order valence-corrected chi connectivity index (χ4v) is 4.07. The van der Waals surface area contributed by atoms with Gasteiger partial charge < -0.3 is 9.73 Å². The van der Waals surface area contributed by atoms with E-state index in [1.165, 1.54) is 18.2 Å². The van der Waals surface area contributed by atoms with E-state index in [-0.39, 0.29) is 5.69 Å². The van der Waals surface area contributed by atoms with E-state index < -0.39 is 40.6 Å². The average Bonchev–Trinajstić information content (AvgIpc) is 3.25. The number of hydrogen-bond acceptors (Lipinski definition) is 3. The number of amides is 1. The summed E-state index contributed by atoms with van der Waals surface area (Å²) >= 11 is 3.50. The van der Waals surface area contributed by atoms with Gasteiger partial charge in [-0.1, -0.05) is 40.2 Å². The molecule has 1 aromatic heterocycles. The third-order valence-corrected chi connectivity index (χ3v) is 5.87. The van der Waals surface area contributed by atoms with Crippen molar-refractivity contribution in [3.05, 3.63) is 93.7 Å². The van der Waals surface area contributed by atoms with Gasteiger partial charge in [-0.3, -0.25) is 4.79 Å². The second-order valence-corrected chi connectivity index (χ2v) is 8.10. The minimum Gasteiger partial charge on any atom is -0.436 e. The van der Waals surface area contributed by atoms with E-state index in [0.717, 1.165) is 15.2 Å². The molecule has 0 radical (unpaired) electrons. The molecule has 0 saturated heterocycles. The fourth-order valence-electron chi connectivity index (χ4n) is 3.58. The first kappa shape index (κ1) is 22.0. The largest absolute Gasteiger partial charge is 0.436 e. The lowest BCUT2D eigenvalue weighted by atomic mass is 10.0. The van der Waals surface area contributed by atoms with Crippen molar-refractivity contribution in [3.63, 3.8) is 0 Å². The molecule has 0 atom stereocenters. The summed E-state index contributed by atoms with van der Waals surface area (Å²) in [5.41, 5.74) is -0.198. The van der Waals surface area contributed by atoms with E-state index in [9.17, 15) is 26.7 Å². The quantitative estimate of drug-likeness (QED) is 0.150. The highest BCUT2D eigenvalue weighted by atomic mass is 79.9. The summed E-state index contributed by atoms with van der Waals surface area (Å²) in [4.78, 5) is 16.7. The summed E-state index contributed by atoms with van der Waals surface area (Å²) in [6.45, 7) is 0. The van der Waals surface area contributed by atoms with Gasteiger partial charge in [-0.25, -0.2) is 26.9 Å². The van der Waals surface area contributed by atoms with E-state index in [0.29, 0.717) is 22.6 Å². The molecule has 170 valence electrons. The second-order valence-electron chi connectivity index (χ2n) is 7.24. The van der Waals surface area contributed by atoms with Gasteiger partial charge in [0.25, 0.3) is 5.91 Å². The molecule has 1 amide bonds. The third kappa shape index (κ3) is 3.50. The van der Waals surface area contributed by atoms with Crippen LogP contribution in [0.3, 0.4) is 0 Å². The molecule has 1 heterocycles. The molecular formula is C24H10BrF5N2O2. The Kier molecular flexibility index (Phi) is 5.32. The highest BCUT2D eigenvalue weighted by molar-refractivity contribution is 9.10. The van der Waals surface area contributed by atoms with Crippen LogP contribution in [-0.2, 0) is 0 Å². The molecule has 0 fully saturated rings. The summed E-state index contributed by atoms with van der Waals surface area (Å²) in [6.07, 6.45) is 0. The zero-order valence-electron chi connectivity index (χ0n) is 16.7. The van der Waals surface area contributed by atoms with Gasteiger partial charge in [-0.15, -0.1) is 0 Å². The van der Waals surface area contributed by atoms with Crippen LogP contribution in [0.5, 0.6) is 0 Å². The van der Waals surface area contributed by atoms with Crippen molar-refractivity contribution in [1.29, 1.82) is 0 Å². The molecule has 0 saturated carbocycles. The van der Waals surface area contributed by atoms with Crippen molar-refractivity contribution in [2.24, 2.45) is 0 Å². The number of benzene rings is 4. The molecule has 0 aliphatic heterocycles. The molecule has 1 N–H and O–H groups in total. The molecule has 5 rings (SSSR count). The van der Waals surface area contributed by atoms with Crippen LogP contribution in [0, 0.1) is 29.1 Å². The Hall–Kier alpha value is -3.79. The number of aromatic nitrogens is 1. The van der Waals surface area contributed by atoms with Crippen molar-refractivity contribution in [2.45, 2.75) is 0 Å². The lowest BCUT2D eigenvalue weighted by molar-refractivity contribution is 0.101. The predicted octanol–water partition coefficient (Wildman–Crippen LogP) is 7.36. The van der Waals surface area contributed by atoms with Crippen LogP contribution in [0.2, 0.25) is 0 Å². The highest BCUT2D eigenvalue weighted by Gasteiger charge is 2.29. The number of rotatable bonds is 3. The molecule has 10 heteroatoms. The summed E-state index contributed by atoms with van der Waals surface area (Å²) in [5.74, 6) is -12.4. The number of oxazole rings is 1. The van der Waals surface area contributed by atoms with Crippen molar-refractivity contribution in [1.82, 2.24) is 4.98 Å². The first-order chi connectivity index (χ1) is 16.3. The van der Waals surface area contributed by atoms with E-state index in [1.54, 1.807) is 0 Å². The lowest BCUT2D eigenvalue weighted by Gasteiger charge is -2.09. The molecule has 4 nitrogen and oxygen atoms in total. The Morgan fingerprint density at radius 3 is 2.21 bits per heavy atom. The summed E-state index contributed by atoms with van der Waals surface area (Å²) in [7, 11) is 0. The number of carbonyl (C=O) groups is 1. The molecule has 4 aromatic carbocycles. The van der Waals surface area contributed by atoms with Crippen molar-refractivity contribution in [3.8, 4) is 11.5 Å². The van der Waals surface area contributed by atoms with Crippen LogP contribution in [0.25, 0.3) is 33.3 Å². The van der Waals surface area contributed by atoms with Crippen LogP contribution >= 0.6 is 15.9 Å². The normalized spacial score (nSPS) is 11.4. The van der Waals surface area contributed by atoms with E-state index in [4.69, 9.17) is 4.42 Å². The van der Waals surface area contributed by atoms with Crippen LogP contribution < -0.4 is 5.32 Å². The van der Waals surface area contributed by atoms with Crippen LogP contribution in [0.4, 0.5) is 27.6 Å². The molecule has 0 aliphatic carbocycles. The number of hydrogen-bond donors (Lipinski definition) is 1. The number of fused-ring (bicyclic) bond motifs is 2. The molecular weight excluding hydrogens is 523 g/mol. The summed E-state index contributed by atoms with van der Waals surface area (Å²) < 4.78 is 74.7. The number of halogens is 6. The Morgan fingerprint density at radius 2 is 1.47 bits per heavy atom. The number of nitrogens with zero attached hydrogens (tertiary/aromatic N) is 1. The molecule has 5 aromatic rings. The van der Waals surface area contributed by atoms with Gasteiger partial charge in [0.1, 0.15) is 11.1 Å². The van der Waals surface area contributed by atoms with Crippen molar-refractivity contribution >= 4 is 49.4 Å². The second kappa shape index (κ2) is 8.21. The predicted molar refractivity (Wildman–Crippen MR) is 119 cm³/mol. The van der Waals surface area contributed by atoms with Gasteiger partial charge in [0, 0.05) is 15.7 Å². The average molecular weight is 533 g/mol. The molecule has 0 spiro atoms. The fraction of sp³-hybridized carbons (Fsp3) is 0. The minimum atomic E-state index is -2.34.